The summed E-state index contributed by atoms with van der Waals surface area (Å²) in [6.07, 6.45) is 12.1. The second-order valence-corrected chi connectivity index (χ2v) is 5.55. The van der Waals surface area contributed by atoms with Crippen molar-refractivity contribution in [2.24, 2.45) is 5.92 Å². The Balaban J connectivity index is 1.96. The highest BCUT2D eigenvalue weighted by Gasteiger charge is 2.23. The van der Waals surface area contributed by atoms with Crippen molar-refractivity contribution in [3.8, 4) is 12.3 Å². The topological polar surface area (TPSA) is 15.3 Å². The molecule has 2 nitrogen and oxygen atoms in total. The van der Waals surface area contributed by atoms with Crippen molar-refractivity contribution in [2.75, 3.05) is 26.2 Å². The highest BCUT2D eigenvalue weighted by Crippen LogP contribution is 2.29. The van der Waals surface area contributed by atoms with Crippen molar-refractivity contribution in [1.82, 2.24) is 10.2 Å². The molecule has 0 amide bonds. The molecule has 0 bridgehead atoms. The lowest BCUT2D eigenvalue weighted by molar-refractivity contribution is 0.286. The second-order valence-electron chi connectivity index (χ2n) is 5.55. The highest BCUT2D eigenvalue weighted by molar-refractivity contribution is 4.90. The summed E-state index contributed by atoms with van der Waals surface area (Å²) in [5.41, 5.74) is 0. The molecule has 0 saturated heterocycles. The molecule has 1 rings (SSSR count). The van der Waals surface area contributed by atoms with Crippen LogP contribution in [0.1, 0.15) is 46.0 Å². The van der Waals surface area contributed by atoms with Gasteiger partial charge < -0.3 is 5.32 Å². The third kappa shape index (κ3) is 8.24. The van der Waals surface area contributed by atoms with Crippen molar-refractivity contribution in [3.05, 3.63) is 0 Å². The number of unbranched alkanes of at least 4 members (excludes halogenated alkanes) is 2. The first-order valence-corrected chi connectivity index (χ1v) is 7.11. The fourth-order valence-corrected chi connectivity index (χ4v) is 2.06. The van der Waals surface area contributed by atoms with Gasteiger partial charge in [0.05, 0.1) is 6.54 Å². The van der Waals surface area contributed by atoms with Gasteiger partial charge in [0.25, 0.3) is 0 Å². The Bertz CT molecular complexity index is 226. The molecule has 1 aliphatic rings. The maximum Gasteiger partial charge on any atom is 0.0599 e. The van der Waals surface area contributed by atoms with Crippen molar-refractivity contribution in [1.29, 1.82) is 0 Å². The van der Waals surface area contributed by atoms with E-state index in [-0.39, 0.29) is 0 Å². The molecule has 1 aliphatic carbocycles. The van der Waals surface area contributed by atoms with Crippen LogP contribution in [-0.4, -0.2) is 37.1 Å². The monoisotopic (exact) mass is 236 g/mol. The van der Waals surface area contributed by atoms with Crippen molar-refractivity contribution in [3.63, 3.8) is 0 Å². The summed E-state index contributed by atoms with van der Waals surface area (Å²) in [6.45, 7) is 8.79. The molecule has 0 aromatic rings. The summed E-state index contributed by atoms with van der Waals surface area (Å²) >= 11 is 0. The zero-order valence-electron chi connectivity index (χ0n) is 11.5. The van der Waals surface area contributed by atoms with E-state index in [0.717, 1.165) is 19.0 Å². The minimum Gasteiger partial charge on any atom is -0.315 e. The van der Waals surface area contributed by atoms with E-state index in [4.69, 9.17) is 6.42 Å². The fourth-order valence-electron chi connectivity index (χ4n) is 2.06. The van der Waals surface area contributed by atoms with Gasteiger partial charge in [-0.15, -0.1) is 6.42 Å². The lowest BCUT2D eigenvalue weighted by atomic mass is 10.2. The molecule has 0 heterocycles. The molecule has 0 unspecified atom stereocenters. The first-order valence-electron chi connectivity index (χ1n) is 7.11. The summed E-state index contributed by atoms with van der Waals surface area (Å²) in [4.78, 5) is 2.45. The summed E-state index contributed by atoms with van der Waals surface area (Å²) in [5, 5.41) is 3.46. The van der Waals surface area contributed by atoms with Gasteiger partial charge in [-0.25, -0.2) is 0 Å². The normalized spacial score (nSPS) is 15.5. The van der Waals surface area contributed by atoms with Crippen LogP contribution in [0, 0.1) is 18.3 Å². The zero-order chi connectivity index (χ0) is 12.5. The first kappa shape index (κ1) is 14.5. The largest absolute Gasteiger partial charge is 0.315 e. The average Bonchev–Trinajstić information content (AvgIpc) is 3.06. The molecular weight excluding hydrogens is 208 g/mol. The smallest absolute Gasteiger partial charge is 0.0599 e. The van der Waals surface area contributed by atoms with Crippen molar-refractivity contribution >= 4 is 0 Å². The molecule has 0 aliphatic heterocycles. The molecule has 0 aromatic carbocycles. The van der Waals surface area contributed by atoms with Crippen LogP contribution in [0.2, 0.25) is 0 Å². The van der Waals surface area contributed by atoms with Gasteiger partial charge >= 0.3 is 0 Å². The molecule has 0 radical (unpaired) electrons. The van der Waals surface area contributed by atoms with Crippen molar-refractivity contribution in [2.45, 2.75) is 52.0 Å². The van der Waals surface area contributed by atoms with E-state index in [0.29, 0.717) is 6.04 Å². The molecular formula is C15H28N2. The van der Waals surface area contributed by atoms with Gasteiger partial charge in [-0.2, -0.15) is 0 Å². The molecule has 0 spiro atoms. The van der Waals surface area contributed by atoms with Gasteiger partial charge in [0, 0.05) is 12.6 Å². The molecule has 17 heavy (non-hydrogen) atoms. The van der Waals surface area contributed by atoms with Crippen molar-refractivity contribution < 1.29 is 0 Å². The number of hydrogen-bond acceptors (Lipinski definition) is 2. The number of nitrogens with one attached hydrogen (secondary N) is 1. The minimum atomic E-state index is 0.614. The van der Waals surface area contributed by atoms with E-state index < -0.39 is 0 Å². The van der Waals surface area contributed by atoms with Crippen LogP contribution < -0.4 is 5.32 Å². The highest BCUT2D eigenvalue weighted by atomic mass is 15.1. The predicted octanol–water partition coefficient (Wildman–Crippen LogP) is 2.50. The average molecular weight is 236 g/mol. The van der Waals surface area contributed by atoms with Gasteiger partial charge in [0.15, 0.2) is 0 Å². The Kier molecular flexibility index (Phi) is 7.32. The fraction of sp³-hybridized carbons (Fsp3) is 0.867. The number of rotatable bonds is 10. The van der Waals surface area contributed by atoms with E-state index in [9.17, 15) is 0 Å². The zero-order valence-corrected chi connectivity index (χ0v) is 11.5. The van der Waals surface area contributed by atoms with E-state index in [1.54, 1.807) is 0 Å². The maximum atomic E-state index is 5.41. The van der Waals surface area contributed by atoms with E-state index in [2.05, 4.69) is 30.0 Å². The van der Waals surface area contributed by atoms with Gasteiger partial charge in [-0.05, 0) is 44.7 Å². The second kappa shape index (κ2) is 8.55. The number of hydrogen-bond donors (Lipinski definition) is 1. The van der Waals surface area contributed by atoms with Crippen LogP contribution in [0.3, 0.4) is 0 Å². The molecule has 2 heteroatoms. The lowest BCUT2D eigenvalue weighted by Crippen LogP contribution is -2.28. The molecule has 0 atom stereocenters. The Morgan fingerprint density at radius 2 is 2.06 bits per heavy atom. The Labute approximate surface area is 107 Å². The van der Waals surface area contributed by atoms with Crippen LogP contribution in [0.4, 0.5) is 0 Å². The van der Waals surface area contributed by atoms with Gasteiger partial charge in [0.1, 0.15) is 0 Å². The number of nitrogens with zero attached hydrogens (tertiary/aromatic N) is 1. The van der Waals surface area contributed by atoms with E-state index in [1.165, 1.54) is 45.2 Å². The summed E-state index contributed by atoms with van der Waals surface area (Å²) in [5.74, 6) is 3.73. The van der Waals surface area contributed by atoms with Gasteiger partial charge in [-0.1, -0.05) is 26.2 Å². The van der Waals surface area contributed by atoms with E-state index >= 15 is 0 Å². The number of terminal acetylenes is 1. The lowest BCUT2D eigenvalue weighted by Gasteiger charge is -2.19. The van der Waals surface area contributed by atoms with Crippen LogP contribution >= 0.6 is 0 Å². The maximum absolute atomic E-state index is 5.41. The van der Waals surface area contributed by atoms with Crippen LogP contribution in [0.15, 0.2) is 0 Å². The standard InChI is InChI=1S/C15H28N2/c1-4-11-17(13-15-8-9-15)12-7-5-6-10-16-14(2)3/h1,14-16H,5-13H2,2-3H3. The third-order valence-electron chi connectivity index (χ3n) is 3.23. The molecule has 1 fully saturated rings. The summed E-state index contributed by atoms with van der Waals surface area (Å²) < 4.78 is 0. The van der Waals surface area contributed by atoms with Crippen LogP contribution in [0.5, 0.6) is 0 Å². The predicted molar refractivity (Wildman–Crippen MR) is 75.0 cm³/mol. The van der Waals surface area contributed by atoms with E-state index in [1.807, 2.05) is 0 Å². The Morgan fingerprint density at radius 3 is 2.65 bits per heavy atom. The SMILES string of the molecule is C#CCN(CCCCCNC(C)C)CC1CC1. The summed E-state index contributed by atoms with van der Waals surface area (Å²) in [7, 11) is 0. The molecule has 1 saturated carbocycles. The minimum absolute atomic E-state index is 0.614. The first-order chi connectivity index (χ1) is 8.22. The van der Waals surface area contributed by atoms with Gasteiger partial charge in [0.2, 0.25) is 0 Å². The molecule has 1 N–H and O–H groups in total. The Hall–Kier alpha value is -0.520. The van der Waals surface area contributed by atoms with Gasteiger partial charge in [-0.3, -0.25) is 4.90 Å². The summed E-state index contributed by atoms with van der Waals surface area (Å²) in [6, 6.07) is 0.614. The molecule has 98 valence electrons. The Morgan fingerprint density at radius 1 is 1.29 bits per heavy atom. The van der Waals surface area contributed by atoms with Crippen LogP contribution in [0.25, 0.3) is 0 Å². The molecule has 0 aromatic heterocycles. The third-order valence-corrected chi connectivity index (χ3v) is 3.23. The van der Waals surface area contributed by atoms with Crippen LogP contribution in [-0.2, 0) is 0 Å². The quantitative estimate of drug-likeness (QED) is 0.463.